The van der Waals surface area contributed by atoms with Gasteiger partial charge in [0.05, 0.1) is 10.6 Å². The van der Waals surface area contributed by atoms with Crippen molar-refractivity contribution in [2.24, 2.45) is 5.73 Å². The highest BCUT2D eigenvalue weighted by molar-refractivity contribution is 7.90. The number of fused-ring (bicyclic) bond motifs is 1. The summed E-state index contributed by atoms with van der Waals surface area (Å²) in [6.07, 6.45) is 3.08. The minimum atomic E-state index is -3.79. The SMILES string of the molecule is NC(=S)CCCCN1C(=O)c2cccnc2S1(=O)=O. The number of hydrogen-bond donors (Lipinski definition) is 1. The van der Waals surface area contributed by atoms with Crippen LogP contribution in [0.25, 0.3) is 0 Å². The third-order valence-corrected chi connectivity index (χ3v) is 4.74. The summed E-state index contributed by atoms with van der Waals surface area (Å²) in [7, 11) is -3.79. The van der Waals surface area contributed by atoms with Gasteiger partial charge in [-0.05, 0) is 31.4 Å². The van der Waals surface area contributed by atoms with Gasteiger partial charge >= 0.3 is 0 Å². The minimum Gasteiger partial charge on any atom is -0.393 e. The maximum absolute atomic E-state index is 12.1. The molecule has 0 bridgehead atoms. The summed E-state index contributed by atoms with van der Waals surface area (Å²) in [5.74, 6) is -0.515. The van der Waals surface area contributed by atoms with Gasteiger partial charge in [-0.3, -0.25) is 4.79 Å². The van der Waals surface area contributed by atoms with Crippen molar-refractivity contribution >= 4 is 33.1 Å². The molecule has 1 aliphatic heterocycles. The quantitative estimate of drug-likeness (QED) is 0.635. The average molecular weight is 299 g/mol. The van der Waals surface area contributed by atoms with Crippen LogP contribution >= 0.6 is 12.2 Å². The van der Waals surface area contributed by atoms with Gasteiger partial charge in [-0.2, -0.15) is 8.42 Å². The van der Waals surface area contributed by atoms with Gasteiger partial charge in [0.2, 0.25) is 0 Å². The lowest BCUT2D eigenvalue weighted by molar-refractivity contribution is 0.0869. The molecule has 0 fully saturated rings. The molecule has 1 aromatic rings. The van der Waals surface area contributed by atoms with E-state index in [1.165, 1.54) is 12.3 Å². The van der Waals surface area contributed by atoms with E-state index in [1.54, 1.807) is 6.07 Å². The zero-order valence-electron chi connectivity index (χ0n) is 10.1. The fourth-order valence-corrected chi connectivity index (χ4v) is 3.55. The van der Waals surface area contributed by atoms with Gasteiger partial charge in [0.1, 0.15) is 0 Å². The molecule has 0 radical (unpaired) electrons. The third kappa shape index (κ3) is 2.59. The second-order valence-corrected chi connectivity index (χ2v) is 6.46. The molecule has 1 aromatic heterocycles. The Morgan fingerprint density at radius 2 is 2.16 bits per heavy atom. The molecule has 0 unspecified atom stereocenters. The van der Waals surface area contributed by atoms with Crippen LogP contribution in [0.5, 0.6) is 0 Å². The Morgan fingerprint density at radius 1 is 1.42 bits per heavy atom. The molecular weight excluding hydrogens is 286 g/mol. The van der Waals surface area contributed by atoms with Crippen LogP contribution in [-0.4, -0.2) is 35.1 Å². The fraction of sp³-hybridized carbons (Fsp3) is 0.364. The highest BCUT2D eigenvalue weighted by atomic mass is 32.2. The standard InChI is InChI=1S/C11H13N3O3S2/c12-9(18)5-1-2-7-14-11(15)8-4-3-6-13-10(8)19(14,16)17/h3-4,6H,1-2,5,7H2,(H2,12,18). The van der Waals surface area contributed by atoms with Gasteiger partial charge in [-0.25, -0.2) is 9.29 Å². The van der Waals surface area contributed by atoms with Crippen LogP contribution < -0.4 is 5.73 Å². The smallest absolute Gasteiger partial charge is 0.285 e. The maximum Gasteiger partial charge on any atom is 0.285 e. The second kappa shape index (κ2) is 5.22. The number of nitrogens with two attached hydrogens (primary N) is 1. The fourth-order valence-electron chi connectivity index (χ4n) is 1.88. The molecule has 1 aliphatic rings. The molecule has 0 aromatic carbocycles. The lowest BCUT2D eigenvalue weighted by Crippen LogP contribution is -2.31. The van der Waals surface area contributed by atoms with E-state index in [0.717, 1.165) is 4.31 Å². The highest BCUT2D eigenvalue weighted by Gasteiger charge is 2.41. The third-order valence-electron chi connectivity index (χ3n) is 2.80. The van der Waals surface area contributed by atoms with Crippen LogP contribution in [0.2, 0.25) is 0 Å². The molecule has 102 valence electrons. The molecule has 0 aliphatic carbocycles. The molecule has 2 rings (SSSR count). The zero-order chi connectivity index (χ0) is 14.0. The van der Waals surface area contributed by atoms with E-state index in [0.29, 0.717) is 24.3 Å². The molecule has 8 heteroatoms. The number of rotatable bonds is 5. The summed E-state index contributed by atoms with van der Waals surface area (Å²) in [4.78, 5) is 16.2. The van der Waals surface area contributed by atoms with Gasteiger partial charge in [-0.1, -0.05) is 12.2 Å². The van der Waals surface area contributed by atoms with Crippen molar-refractivity contribution in [3.8, 4) is 0 Å². The molecule has 0 spiro atoms. The van der Waals surface area contributed by atoms with E-state index < -0.39 is 15.9 Å². The number of sulfonamides is 1. The number of unbranched alkanes of at least 4 members (excludes halogenated alkanes) is 1. The van der Waals surface area contributed by atoms with Crippen molar-refractivity contribution in [2.75, 3.05) is 6.54 Å². The van der Waals surface area contributed by atoms with Crippen LogP contribution in [0.4, 0.5) is 0 Å². The zero-order valence-corrected chi connectivity index (χ0v) is 11.7. The molecule has 0 atom stereocenters. The summed E-state index contributed by atoms with van der Waals surface area (Å²) in [5.41, 5.74) is 5.49. The minimum absolute atomic E-state index is 0.125. The first-order valence-electron chi connectivity index (χ1n) is 5.75. The lowest BCUT2D eigenvalue weighted by Gasteiger charge is -2.14. The van der Waals surface area contributed by atoms with Crippen LogP contribution in [-0.2, 0) is 10.0 Å². The van der Waals surface area contributed by atoms with E-state index in [-0.39, 0.29) is 17.1 Å². The summed E-state index contributed by atoms with van der Waals surface area (Å²) in [6.45, 7) is 0.125. The average Bonchev–Trinajstić information content (AvgIpc) is 2.55. The monoisotopic (exact) mass is 299 g/mol. The van der Waals surface area contributed by atoms with E-state index >= 15 is 0 Å². The normalized spacial score (nSPS) is 16.4. The molecule has 1 amide bonds. The first-order valence-corrected chi connectivity index (χ1v) is 7.60. The number of aromatic nitrogens is 1. The summed E-state index contributed by atoms with van der Waals surface area (Å²) in [5, 5.41) is -0.158. The van der Waals surface area contributed by atoms with Crippen molar-refractivity contribution in [1.82, 2.24) is 9.29 Å². The number of hydrogen-bond acceptors (Lipinski definition) is 5. The maximum atomic E-state index is 12.1. The van der Waals surface area contributed by atoms with Gasteiger partial charge in [0.15, 0.2) is 5.03 Å². The molecule has 6 nitrogen and oxygen atoms in total. The van der Waals surface area contributed by atoms with Crippen LogP contribution in [0.3, 0.4) is 0 Å². The second-order valence-electron chi connectivity index (χ2n) is 4.16. The van der Waals surface area contributed by atoms with E-state index in [9.17, 15) is 13.2 Å². The van der Waals surface area contributed by atoms with Crippen molar-refractivity contribution in [1.29, 1.82) is 0 Å². The van der Waals surface area contributed by atoms with Crippen molar-refractivity contribution in [2.45, 2.75) is 24.3 Å². The molecule has 19 heavy (non-hydrogen) atoms. The number of amides is 1. The Balaban J connectivity index is 2.12. The Morgan fingerprint density at radius 3 is 2.79 bits per heavy atom. The molecular formula is C11H13N3O3S2. The van der Waals surface area contributed by atoms with E-state index in [4.69, 9.17) is 18.0 Å². The van der Waals surface area contributed by atoms with Crippen molar-refractivity contribution in [3.63, 3.8) is 0 Å². The Labute approximate surface area is 116 Å². The number of thiocarbonyl (C=S) groups is 1. The largest absolute Gasteiger partial charge is 0.393 e. The van der Waals surface area contributed by atoms with Crippen molar-refractivity contribution < 1.29 is 13.2 Å². The van der Waals surface area contributed by atoms with Gasteiger partial charge < -0.3 is 5.73 Å². The van der Waals surface area contributed by atoms with E-state index in [2.05, 4.69) is 4.98 Å². The summed E-state index contributed by atoms with van der Waals surface area (Å²) < 4.78 is 25.1. The first kappa shape index (κ1) is 13.9. The van der Waals surface area contributed by atoms with E-state index in [1.807, 2.05) is 0 Å². The first-order chi connectivity index (χ1) is 8.94. The molecule has 0 saturated carbocycles. The number of nitrogens with zero attached hydrogens (tertiary/aromatic N) is 2. The van der Waals surface area contributed by atoms with Gasteiger partial charge in [-0.15, -0.1) is 0 Å². The van der Waals surface area contributed by atoms with Crippen LogP contribution in [0, 0.1) is 0 Å². The number of carbonyl (C=O) groups is 1. The van der Waals surface area contributed by atoms with Crippen LogP contribution in [0.15, 0.2) is 23.4 Å². The number of carbonyl (C=O) groups excluding carboxylic acids is 1. The Bertz CT molecular complexity index is 628. The lowest BCUT2D eigenvalue weighted by atomic mass is 10.2. The predicted octanol–water partition coefficient (Wildman–Crippen LogP) is 0.682. The van der Waals surface area contributed by atoms with Crippen LogP contribution in [0.1, 0.15) is 29.6 Å². The topological polar surface area (TPSA) is 93.4 Å². The Hall–Kier alpha value is -1.54. The molecule has 0 saturated heterocycles. The summed E-state index contributed by atoms with van der Waals surface area (Å²) in [6, 6.07) is 3.01. The summed E-state index contributed by atoms with van der Waals surface area (Å²) >= 11 is 4.74. The molecule has 2 heterocycles. The Kier molecular flexibility index (Phi) is 3.81. The molecule has 2 N–H and O–H groups in total. The predicted molar refractivity (Wildman–Crippen MR) is 73.1 cm³/mol. The van der Waals surface area contributed by atoms with Crippen molar-refractivity contribution in [3.05, 3.63) is 23.9 Å². The highest BCUT2D eigenvalue weighted by Crippen LogP contribution is 2.28. The van der Waals surface area contributed by atoms with Gasteiger partial charge in [0, 0.05) is 12.7 Å². The number of pyridine rings is 1. The van der Waals surface area contributed by atoms with Gasteiger partial charge in [0.25, 0.3) is 15.9 Å².